The number of amidine groups is 6. The Kier molecular flexibility index (Phi) is 31.9. The number of hydrogen-bond acceptors (Lipinski definition) is 22. The van der Waals surface area contributed by atoms with Crippen LogP contribution in [-0.4, -0.2) is 242 Å². The first kappa shape index (κ1) is 89.3. The molecule has 4 fully saturated rings. The van der Waals surface area contributed by atoms with Gasteiger partial charge in [0.2, 0.25) is 11.9 Å². The molecule has 0 spiro atoms. The van der Waals surface area contributed by atoms with E-state index in [2.05, 4.69) is 149 Å². The summed E-state index contributed by atoms with van der Waals surface area (Å²) in [6, 6.07) is 4.87. The summed E-state index contributed by atoms with van der Waals surface area (Å²) in [5.74, 6) is 8.41. The first-order chi connectivity index (χ1) is 55.8. The van der Waals surface area contributed by atoms with Crippen molar-refractivity contribution in [3.63, 3.8) is 0 Å². The quantitative estimate of drug-likeness (QED) is 0.0847. The van der Waals surface area contributed by atoms with Crippen LogP contribution in [-0.2, 0) is 0 Å². The van der Waals surface area contributed by atoms with E-state index < -0.39 is 0 Å². The van der Waals surface area contributed by atoms with E-state index in [1.807, 2.05) is 153 Å². The molecule has 0 saturated carbocycles. The molecule has 14 rings (SSSR count). The van der Waals surface area contributed by atoms with Crippen LogP contribution in [0.5, 0.6) is 0 Å². The summed E-state index contributed by atoms with van der Waals surface area (Å²) in [6.07, 6.45) is 27.2. The lowest BCUT2D eigenvalue weighted by atomic mass is 10.1. The summed E-state index contributed by atoms with van der Waals surface area (Å²) in [5.41, 5.74) is 4.07. The lowest BCUT2D eigenvalue weighted by molar-refractivity contribution is 0.340. The van der Waals surface area contributed by atoms with Gasteiger partial charge in [-0.05, 0) is 207 Å². The molecule has 4 saturated heterocycles. The maximum atomic E-state index is 12.1. The number of fused-ring (bicyclic) bond motifs is 4. The summed E-state index contributed by atoms with van der Waals surface area (Å²) < 4.78 is 11.0. The topological polar surface area (TPSA) is 378 Å². The molecule has 10 aromatic heterocycles. The van der Waals surface area contributed by atoms with Crippen molar-refractivity contribution in [2.75, 3.05) is 80.5 Å². The van der Waals surface area contributed by atoms with Crippen LogP contribution in [0.25, 0.3) is 44.7 Å². The zero-order valence-electron chi connectivity index (χ0n) is 72.7. The molecule has 117 heavy (non-hydrogen) atoms. The second-order valence-electron chi connectivity index (χ2n) is 31.6. The lowest BCUT2D eigenvalue weighted by Gasteiger charge is -2.28. The van der Waals surface area contributed by atoms with Crippen molar-refractivity contribution >= 4 is 115 Å². The first-order valence-corrected chi connectivity index (χ1v) is 40.9. The van der Waals surface area contributed by atoms with E-state index in [9.17, 15) is 19.2 Å². The average molecular weight is 1610 g/mol. The minimum atomic E-state index is -0.269. The Morgan fingerprint density at radius 1 is 0.333 bits per heavy atom. The smallest absolute Gasteiger partial charge is 0.349 e. The first-order valence-electron chi connectivity index (χ1n) is 40.9. The van der Waals surface area contributed by atoms with Crippen LogP contribution >= 0.6 is 0 Å². The summed E-state index contributed by atoms with van der Waals surface area (Å²) in [4.78, 5) is 144. The van der Waals surface area contributed by atoms with Gasteiger partial charge in [-0.15, -0.1) is 0 Å². The van der Waals surface area contributed by atoms with Crippen molar-refractivity contribution in [2.45, 2.75) is 232 Å². The number of aromatic amines is 2. The van der Waals surface area contributed by atoms with Gasteiger partial charge in [-0.25, -0.2) is 79.4 Å². The predicted octanol–water partition coefficient (Wildman–Crippen LogP) is 12.8. The number of piperidine rings is 3. The Morgan fingerprint density at radius 2 is 0.624 bits per heavy atom. The van der Waals surface area contributed by atoms with Crippen molar-refractivity contribution in [2.24, 2.45) is 30.0 Å². The number of rotatable bonds is 12. The monoisotopic (exact) mass is 1610 g/mol. The molecule has 10 aromatic rings. The maximum Gasteiger partial charge on any atom is 0.349 e. The number of hydrogen-bond donors (Lipinski definition) is 2. The molecule has 0 amide bonds. The molecule has 0 atom stereocenters. The molecule has 0 unspecified atom stereocenters. The number of nitrogens with one attached hydrogen (secondary N) is 2. The third-order valence-electron chi connectivity index (χ3n) is 20.4. The summed E-state index contributed by atoms with van der Waals surface area (Å²) in [5, 5.41) is 0. The fourth-order valence-corrected chi connectivity index (χ4v) is 13.1. The van der Waals surface area contributed by atoms with E-state index in [0.717, 1.165) is 110 Å². The molecule has 630 valence electrons. The van der Waals surface area contributed by atoms with Crippen LogP contribution in [0.4, 0.5) is 35.2 Å². The molecule has 4 aliphatic heterocycles. The van der Waals surface area contributed by atoms with E-state index in [0.29, 0.717) is 69.6 Å². The van der Waals surface area contributed by atoms with E-state index in [4.69, 9.17) is 4.99 Å². The van der Waals surface area contributed by atoms with E-state index in [1.54, 1.807) is 59.0 Å². The lowest BCUT2D eigenvalue weighted by Crippen LogP contribution is -2.34. The van der Waals surface area contributed by atoms with Crippen LogP contribution in [0.1, 0.15) is 232 Å². The van der Waals surface area contributed by atoms with E-state index in [1.165, 1.54) is 77.0 Å². The standard InChI is InChI=1S/C15H22N6O.C15H22N6.C14H22N4O.C13H20N4O.C12H18N6O.C12H18N6/c1-10(2)21-9-16-12-13(21)18-15(19-14(12)22)17-11(3)20-7-5-4-6-8-20;1-11(2)21-10-18-13-14(16-9-17-15(13)21)19-12(3)20-7-5-4-6-8-20;1-11(2)18-10-7-13(16-14(18)19)15-12(3)17-8-5-4-6-9-17;1-10(2)17-9-6-12(15-13(17)18)14-11(3)16-7-4-5-8-16;1-7(2)18-6-13-9-10(18)15-12(16-11(9)19)14-8(3)17(4)5;1-8(2)18-7-15-10-11(13-6-14-12(10)18)16-9(3)17(4)5/h9-10H,4-8H2,1-3H3,(H,18,19,22);9-11H,4-8H2,1-3H3;7,10-11H,4-6,8-9H2,1-3H3;6,9-10H,4-5,7-8H2,1-3H3;6-7H,1-5H3,(H,15,16,19);6-8H,1-5H3. The zero-order chi connectivity index (χ0) is 84.9. The van der Waals surface area contributed by atoms with Gasteiger partial charge in [-0.2, -0.15) is 19.9 Å². The van der Waals surface area contributed by atoms with Gasteiger partial charge >= 0.3 is 11.4 Å². The molecule has 4 aliphatic rings. The number of likely N-dealkylation sites (tertiary alicyclic amines) is 4. The number of nitrogens with zero attached hydrogens (tertiary/aromatic N) is 30. The van der Waals surface area contributed by atoms with Gasteiger partial charge in [-0.1, -0.05) is 0 Å². The molecule has 0 aromatic carbocycles. The summed E-state index contributed by atoms with van der Waals surface area (Å²) in [7, 11) is 7.66. The van der Waals surface area contributed by atoms with Crippen LogP contribution in [0, 0.1) is 0 Å². The van der Waals surface area contributed by atoms with Crippen LogP contribution < -0.4 is 22.5 Å². The van der Waals surface area contributed by atoms with Gasteiger partial charge in [0, 0.05) is 129 Å². The van der Waals surface area contributed by atoms with Gasteiger partial charge in [0.15, 0.2) is 67.9 Å². The van der Waals surface area contributed by atoms with E-state index >= 15 is 0 Å². The fraction of sp³-hybridized carbons (Fsp3) is 0.580. The van der Waals surface area contributed by atoms with Crippen molar-refractivity contribution in [1.82, 2.24) is 127 Å². The number of aliphatic imine (C=N–C) groups is 6. The van der Waals surface area contributed by atoms with Gasteiger partial charge < -0.3 is 47.7 Å². The Hall–Kier alpha value is -11.6. The van der Waals surface area contributed by atoms with Crippen molar-refractivity contribution in [3.05, 3.63) is 104 Å². The molecule has 36 nitrogen and oxygen atoms in total. The molecule has 2 N–H and O–H groups in total. The molecular weight excluding hydrogens is 1490 g/mol. The Morgan fingerprint density at radius 3 is 0.957 bits per heavy atom. The predicted molar refractivity (Wildman–Crippen MR) is 467 cm³/mol. The molecule has 36 heteroatoms. The van der Waals surface area contributed by atoms with Gasteiger partial charge in [-0.3, -0.25) is 28.7 Å². The Bertz CT molecular complexity index is 5380. The van der Waals surface area contributed by atoms with Gasteiger partial charge in [0.1, 0.15) is 47.7 Å². The molecular formula is C81H122N32O4. The summed E-state index contributed by atoms with van der Waals surface area (Å²) in [6.45, 7) is 44.6. The maximum absolute atomic E-state index is 12.1. The number of imidazole rings is 4. The second kappa shape index (κ2) is 41.8. The highest BCUT2D eigenvalue weighted by atomic mass is 16.2. The molecule has 0 bridgehead atoms. The Labute approximate surface area is 684 Å². The largest absolute Gasteiger partial charge is 0.366 e. The highest BCUT2D eigenvalue weighted by Crippen LogP contribution is 2.27. The van der Waals surface area contributed by atoms with Gasteiger partial charge in [0.05, 0.1) is 25.3 Å². The van der Waals surface area contributed by atoms with Crippen molar-refractivity contribution in [3.8, 4) is 0 Å². The molecule has 0 aliphatic carbocycles. The highest BCUT2D eigenvalue weighted by Gasteiger charge is 2.21. The minimum Gasteiger partial charge on any atom is -0.366 e. The van der Waals surface area contributed by atoms with Gasteiger partial charge in [0.25, 0.3) is 11.1 Å². The van der Waals surface area contributed by atoms with Crippen molar-refractivity contribution < 1.29 is 0 Å². The summed E-state index contributed by atoms with van der Waals surface area (Å²) >= 11 is 0. The highest BCUT2D eigenvalue weighted by molar-refractivity contribution is 5.90. The molecule has 0 radical (unpaired) electrons. The van der Waals surface area contributed by atoms with Crippen LogP contribution in [0.3, 0.4) is 0 Å². The normalized spacial score (nSPS) is 15.5. The minimum absolute atomic E-state index is 0.126. The SMILES string of the molecule is CC(=Nc1ccn(C(C)C)c(=O)n1)N1CCCC1.CC(=Nc1ccn(C(C)C)c(=O)n1)N1CCCCC1.CC(=Nc1nc2c(ncn2C(C)C)c(=O)[nH]1)N(C)C.CC(=Nc1nc2c(ncn2C(C)C)c(=O)[nH]1)N1CCCCC1.CC(=Nc1ncnc2c1ncn2C(C)C)N(C)C.CC(=Nc1ncnc2c1ncn2C(C)C)N1CCCCC1. The number of aromatic nitrogens is 20. The van der Waals surface area contributed by atoms with Crippen LogP contribution in [0.2, 0.25) is 0 Å². The average Bonchev–Trinajstić information content (AvgIpc) is 1.67. The second-order valence-corrected chi connectivity index (χ2v) is 31.6. The van der Waals surface area contributed by atoms with Crippen molar-refractivity contribution in [1.29, 1.82) is 0 Å². The fourth-order valence-electron chi connectivity index (χ4n) is 13.1. The third-order valence-corrected chi connectivity index (χ3v) is 20.4. The molecule has 14 heterocycles. The van der Waals surface area contributed by atoms with Crippen LogP contribution in [0.15, 0.2) is 112 Å². The Balaban J connectivity index is 0.000000161. The third kappa shape index (κ3) is 24.0. The zero-order valence-corrected chi connectivity index (χ0v) is 72.7. The van der Waals surface area contributed by atoms with E-state index in [-0.39, 0.29) is 46.7 Å². The number of H-pyrrole nitrogens is 2.